The van der Waals surface area contributed by atoms with Crippen molar-refractivity contribution >= 4 is 33.4 Å². The van der Waals surface area contributed by atoms with E-state index < -0.39 is 5.91 Å². The lowest BCUT2D eigenvalue weighted by molar-refractivity contribution is -0.115. The Kier molecular flexibility index (Phi) is 4.30. The van der Waals surface area contributed by atoms with Gasteiger partial charge in [-0.05, 0) is 18.2 Å². The number of nitrogens with two attached hydrogens (primary N) is 1. The first kappa shape index (κ1) is 11.7. The Labute approximate surface area is 96.0 Å². The number of nitrogens with one attached hydrogen (secondary N) is 1. The van der Waals surface area contributed by atoms with Gasteiger partial charge in [-0.1, -0.05) is 22.0 Å². The number of hydrogen-bond donors (Lipinski definition) is 2. The molecule has 3 N–H and O–H groups in total. The Bertz CT molecular complexity index is 379. The van der Waals surface area contributed by atoms with Gasteiger partial charge in [0.05, 0.1) is 0 Å². The molecule has 1 aromatic carbocycles. The molecule has 0 saturated carbocycles. The number of primary amides is 1. The van der Waals surface area contributed by atoms with Crippen LogP contribution in [0.3, 0.4) is 0 Å². The van der Waals surface area contributed by atoms with Crippen LogP contribution in [0.5, 0.6) is 0 Å². The number of carbonyl (C=O) groups is 2. The molecule has 5 heteroatoms. The third-order valence-electron chi connectivity index (χ3n) is 1.75. The Morgan fingerprint density at radius 1 is 1.40 bits per heavy atom. The van der Waals surface area contributed by atoms with Crippen molar-refractivity contribution in [1.29, 1.82) is 0 Å². The summed E-state index contributed by atoms with van der Waals surface area (Å²) in [6, 6.07) is 6.53. The summed E-state index contributed by atoms with van der Waals surface area (Å²) in [7, 11) is 0. The lowest BCUT2D eigenvalue weighted by Crippen LogP contribution is -2.14. The van der Waals surface area contributed by atoms with Gasteiger partial charge in [0.15, 0.2) is 0 Å². The molecule has 0 radical (unpaired) electrons. The second kappa shape index (κ2) is 5.50. The van der Waals surface area contributed by atoms with E-state index in [-0.39, 0.29) is 5.91 Å². The smallest absolute Gasteiger partial charge is 0.248 e. The molecule has 0 aromatic heterocycles. The lowest BCUT2D eigenvalue weighted by Gasteiger charge is -2.04. The summed E-state index contributed by atoms with van der Waals surface area (Å²) in [4.78, 5) is 22.1. The first-order valence-electron chi connectivity index (χ1n) is 4.39. The van der Waals surface area contributed by atoms with Crippen LogP contribution in [-0.4, -0.2) is 17.1 Å². The first-order chi connectivity index (χ1) is 7.13. The maximum absolute atomic E-state index is 11.2. The minimum Gasteiger partial charge on any atom is -0.366 e. The van der Waals surface area contributed by atoms with E-state index in [2.05, 4.69) is 21.2 Å². The molecule has 80 valence electrons. The molecular weight excluding hydrogens is 260 g/mol. The van der Waals surface area contributed by atoms with Gasteiger partial charge in [0.2, 0.25) is 11.8 Å². The minimum absolute atomic E-state index is 0.103. The summed E-state index contributed by atoms with van der Waals surface area (Å²) in [5.74, 6) is -0.611. The number of carbonyl (C=O) groups excluding carboxylic acids is 2. The first-order valence-corrected chi connectivity index (χ1v) is 5.51. The average Bonchev–Trinajstić information content (AvgIpc) is 2.18. The van der Waals surface area contributed by atoms with E-state index in [0.29, 0.717) is 23.0 Å². The Morgan fingerprint density at radius 3 is 2.73 bits per heavy atom. The van der Waals surface area contributed by atoms with Crippen LogP contribution in [-0.2, 0) is 4.79 Å². The van der Waals surface area contributed by atoms with Gasteiger partial charge in [0.25, 0.3) is 0 Å². The van der Waals surface area contributed by atoms with Crippen LogP contribution in [0.4, 0.5) is 5.69 Å². The van der Waals surface area contributed by atoms with E-state index in [1.54, 1.807) is 24.3 Å². The van der Waals surface area contributed by atoms with Crippen molar-refractivity contribution in [2.75, 3.05) is 10.6 Å². The SMILES string of the molecule is NC(=O)c1cccc(NC(=O)CCBr)c1. The fourth-order valence-electron chi connectivity index (χ4n) is 1.06. The molecule has 0 unspecified atom stereocenters. The lowest BCUT2D eigenvalue weighted by atomic mass is 10.2. The second-order valence-electron chi connectivity index (χ2n) is 2.93. The summed E-state index contributed by atoms with van der Waals surface area (Å²) in [6.45, 7) is 0. The quantitative estimate of drug-likeness (QED) is 0.815. The Hall–Kier alpha value is -1.36. The van der Waals surface area contributed by atoms with Crippen LogP contribution in [0, 0.1) is 0 Å². The van der Waals surface area contributed by atoms with E-state index in [4.69, 9.17) is 5.73 Å². The van der Waals surface area contributed by atoms with Crippen molar-refractivity contribution in [3.63, 3.8) is 0 Å². The third kappa shape index (κ3) is 3.71. The standard InChI is InChI=1S/C10H11BrN2O2/c11-5-4-9(14)13-8-3-1-2-7(6-8)10(12)15/h1-3,6H,4-5H2,(H2,12,15)(H,13,14). The summed E-state index contributed by atoms with van der Waals surface area (Å²) in [5, 5.41) is 3.27. The normalized spacial score (nSPS) is 9.67. The molecule has 0 atom stereocenters. The Morgan fingerprint density at radius 2 is 2.13 bits per heavy atom. The number of halogens is 1. The predicted octanol–water partition coefficient (Wildman–Crippen LogP) is 1.51. The predicted molar refractivity (Wildman–Crippen MR) is 62.0 cm³/mol. The van der Waals surface area contributed by atoms with Crippen molar-refractivity contribution in [3.8, 4) is 0 Å². The monoisotopic (exact) mass is 270 g/mol. The zero-order chi connectivity index (χ0) is 11.3. The number of hydrogen-bond acceptors (Lipinski definition) is 2. The van der Waals surface area contributed by atoms with Crippen molar-refractivity contribution in [3.05, 3.63) is 29.8 Å². The molecule has 2 amide bonds. The van der Waals surface area contributed by atoms with Crippen LogP contribution < -0.4 is 11.1 Å². The van der Waals surface area contributed by atoms with E-state index in [1.165, 1.54) is 0 Å². The highest BCUT2D eigenvalue weighted by atomic mass is 79.9. The summed E-state index contributed by atoms with van der Waals surface area (Å²) in [6.07, 6.45) is 0.390. The van der Waals surface area contributed by atoms with Crippen molar-refractivity contribution < 1.29 is 9.59 Å². The van der Waals surface area contributed by atoms with Gasteiger partial charge in [-0.2, -0.15) is 0 Å². The molecule has 0 fully saturated rings. The number of rotatable bonds is 4. The largest absolute Gasteiger partial charge is 0.366 e. The van der Waals surface area contributed by atoms with Crippen LogP contribution in [0.2, 0.25) is 0 Å². The molecular formula is C10H11BrN2O2. The molecule has 4 nitrogen and oxygen atoms in total. The maximum Gasteiger partial charge on any atom is 0.248 e. The molecule has 0 saturated heterocycles. The van der Waals surface area contributed by atoms with Crippen molar-refractivity contribution in [2.45, 2.75) is 6.42 Å². The highest BCUT2D eigenvalue weighted by molar-refractivity contribution is 9.09. The average molecular weight is 271 g/mol. The number of benzene rings is 1. The molecule has 15 heavy (non-hydrogen) atoms. The van der Waals surface area contributed by atoms with Gasteiger partial charge < -0.3 is 11.1 Å². The van der Waals surface area contributed by atoms with E-state index in [0.717, 1.165) is 0 Å². The van der Waals surface area contributed by atoms with Crippen LogP contribution >= 0.6 is 15.9 Å². The highest BCUT2D eigenvalue weighted by Crippen LogP contribution is 2.10. The molecule has 0 aliphatic heterocycles. The fraction of sp³-hybridized carbons (Fsp3) is 0.200. The molecule has 0 aliphatic rings. The molecule has 1 aromatic rings. The molecule has 0 heterocycles. The molecule has 0 aliphatic carbocycles. The van der Waals surface area contributed by atoms with Crippen LogP contribution in [0.15, 0.2) is 24.3 Å². The van der Waals surface area contributed by atoms with Gasteiger partial charge in [0, 0.05) is 23.0 Å². The van der Waals surface area contributed by atoms with E-state index in [9.17, 15) is 9.59 Å². The zero-order valence-electron chi connectivity index (χ0n) is 8.00. The number of anilines is 1. The van der Waals surface area contributed by atoms with Gasteiger partial charge in [0.1, 0.15) is 0 Å². The van der Waals surface area contributed by atoms with E-state index >= 15 is 0 Å². The van der Waals surface area contributed by atoms with Gasteiger partial charge in [-0.25, -0.2) is 0 Å². The summed E-state index contributed by atoms with van der Waals surface area (Å²) in [5.41, 5.74) is 6.07. The van der Waals surface area contributed by atoms with Crippen LogP contribution in [0.25, 0.3) is 0 Å². The van der Waals surface area contributed by atoms with Crippen LogP contribution in [0.1, 0.15) is 16.8 Å². The minimum atomic E-state index is -0.508. The van der Waals surface area contributed by atoms with E-state index in [1.807, 2.05) is 0 Å². The summed E-state index contributed by atoms with van der Waals surface area (Å²) >= 11 is 3.17. The number of alkyl halides is 1. The molecule has 0 spiro atoms. The molecule has 1 rings (SSSR count). The maximum atomic E-state index is 11.2. The zero-order valence-corrected chi connectivity index (χ0v) is 9.58. The number of amides is 2. The summed E-state index contributed by atoms with van der Waals surface area (Å²) < 4.78 is 0. The van der Waals surface area contributed by atoms with Crippen molar-refractivity contribution in [2.24, 2.45) is 5.73 Å². The molecule has 0 bridgehead atoms. The Balaban J connectivity index is 2.73. The second-order valence-corrected chi connectivity index (χ2v) is 3.73. The topological polar surface area (TPSA) is 72.2 Å². The van der Waals surface area contributed by atoms with Gasteiger partial charge >= 0.3 is 0 Å². The highest BCUT2D eigenvalue weighted by Gasteiger charge is 2.04. The fourth-order valence-corrected chi connectivity index (χ4v) is 1.42. The van der Waals surface area contributed by atoms with Gasteiger partial charge in [-0.3, -0.25) is 9.59 Å². The van der Waals surface area contributed by atoms with Gasteiger partial charge in [-0.15, -0.1) is 0 Å². The third-order valence-corrected chi connectivity index (χ3v) is 2.15. The van der Waals surface area contributed by atoms with Crippen molar-refractivity contribution in [1.82, 2.24) is 0 Å².